The third-order valence-electron chi connectivity index (χ3n) is 4.86. The second-order valence-corrected chi connectivity index (χ2v) is 9.01. The number of halogens is 1. The molecule has 1 N–H and O–H groups in total. The highest BCUT2D eigenvalue weighted by molar-refractivity contribution is 6.67. The zero-order chi connectivity index (χ0) is 25.5. The van der Waals surface area contributed by atoms with Gasteiger partial charge >= 0.3 is 6.09 Å². The van der Waals surface area contributed by atoms with Crippen molar-refractivity contribution in [2.75, 3.05) is 14.2 Å². The van der Waals surface area contributed by atoms with Crippen LogP contribution in [-0.2, 0) is 22.6 Å². The summed E-state index contributed by atoms with van der Waals surface area (Å²) in [7, 11) is 3.08. The number of ether oxygens (including phenoxy) is 3. The minimum Gasteiger partial charge on any atom is -0.497 e. The Kier molecular flexibility index (Phi) is 9.32. The monoisotopic (exact) mass is 490 g/mol. The summed E-state index contributed by atoms with van der Waals surface area (Å²) < 4.78 is 16.0. The number of hydrogen-bond acceptors (Lipinski definition) is 6. The third-order valence-corrected chi connectivity index (χ3v) is 5.06. The number of methoxy groups -OCH3 is 2. The molecule has 0 bridgehead atoms. The molecule has 0 aliphatic heterocycles. The fourth-order valence-electron chi connectivity index (χ4n) is 3.28. The molecule has 0 fully saturated rings. The van der Waals surface area contributed by atoms with E-state index in [4.69, 9.17) is 25.8 Å². The lowest BCUT2D eigenvalue weighted by Crippen LogP contribution is -2.47. The summed E-state index contributed by atoms with van der Waals surface area (Å²) in [4.78, 5) is 39.1. The maximum absolute atomic E-state index is 13.4. The van der Waals surface area contributed by atoms with E-state index in [2.05, 4.69) is 5.32 Å². The number of carbonyl (C=O) groups is 3. The molecule has 2 aromatic carbocycles. The van der Waals surface area contributed by atoms with Crippen molar-refractivity contribution < 1.29 is 28.6 Å². The molecule has 1 atom stereocenters. The van der Waals surface area contributed by atoms with Crippen LogP contribution in [0.3, 0.4) is 0 Å². The fraction of sp³-hybridized carbons (Fsp3) is 0.400. The molecule has 0 aromatic heterocycles. The number of nitrogens with one attached hydrogen (secondary N) is 1. The maximum atomic E-state index is 13.4. The lowest BCUT2D eigenvalue weighted by atomic mass is 10.1. The van der Waals surface area contributed by atoms with E-state index in [1.165, 1.54) is 12.0 Å². The second kappa shape index (κ2) is 11.7. The number of benzene rings is 2. The zero-order valence-corrected chi connectivity index (χ0v) is 21.1. The van der Waals surface area contributed by atoms with E-state index in [9.17, 15) is 14.4 Å². The average Bonchev–Trinajstić information content (AvgIpc) is 2.77. The summed E-state index contributed by atoms with van der Waals surface area (Å²) in [5, 5.41) is 1.96. The molecule has 0 spiro atoms. The van der Waals surface area contributed by atoms with Gasteiger partial charge in [-0.1, -0.05) is 18.2 Å². The van der Waals surface area contributed by atoms with Gasteiger partial charge in [0.25, 0.3) is 5.24 Å². The first-order valence-corrected chi connectivity index (χ1v) is 11.1. The Balaban J connectivity index is 2.37. The standard InChI is InChI=1S/C25H31ClN2O6/c1-16(27-24(31)34-25(2,3)4)23(30)28(14-17-9-7-8-10-20(17)22(26)29)15-18-11-12-19(32-5)13-21(18)33-6/h7-13,16H,14-15H2,1-6H3,(H,27,31). The van der Waals surface area contributed by atoms with Gasteiger partial charge in [-0.25, -0.2) is 4.79 Å². The topological polar surface area (TPSA) is 94.2 Å². The van der Waals surface area contributed by atoms with Gasteiger partial charge in [0.2, 0.25) is 5.91 Å². The van der Waals surface area contributed by atoms with Gasteiger partial charge < -0.3 is 24.4 Å². The summed E-state index contributed by atoms with van der Waals surface area (Å²) in [5.74, 6) is 0.767. The van der Waals surface area contributed by atoms with Crippen LogP contribution in [0.15, 0.2) is 42.5 Å². The van der Waals surface area contributed by atoms with E-state index >= 15 is 0 Å². The molecule has 2 rings (SSSR count). The average molecular weight is 491 g/mol. The van der Waals surface area contributed by atoms with Crippen molar-refractivity contribution >= 4 is 28.8 Å². The summed E-state index contributed by atoms with van der Waals surface area (Å²) in [6.45, 7) is 7.02. The van der Waals surface area contributed by atoms with Crippen LogP contribution >= 0.6 is 11.6 Å². The fourth-order valence-corrected chi connectivity index (χ4v) is 3.46. The maximum Gasteiger partial charge on any atom is 0.408 e. The van der Waals surface area contributed by atoms with Gasteiger partial charge in [-0.15, -0.1) is 0 Å². The van der Waals surface area contributed by atoms with E-state index in [0.717, 1.165) is 5.56 Å². The second-order valence-electron chi connectivity index (χ2n) is 8.67. The molecule has 0 saturated carbocycles. The number of alkyl carbamates (subject to hydrolysis) is 1. The van der Waals surface area contributed by atoms with E-state index in [1.807, 2.05) is 0 Å². The lowest BCUT2D eigenvalue weighted by Gasteiger charge is -2.28. The molecule has 34 heavy (non-hydrogen) atoms. The normalized spacial score (nSPS) is 11.9. The minimum atomic E-state index is -0.891. The zero-order valence-electron chi connectivity index (χ0n) is 20.3. The van der Waals surface area contributed by atoms with Gasteiger partial charge in [-0.05, 0) is 63.1 Å². The van der Waals surface area contributed by atoms with Crippen LogP contribution < -0.4 is 14.8 Å². The van der Waals surface area contributed by atoms with Crippen LogP contribution in [-0.4, -0.2) is 48.0 Å². The first-order valence-electron chi connectivity index (χ1n) is 10.7. The highest BCUT2D eigenvalue weighted by atomic mass is 35.5. The molecule has 0 heterocycles. The molecular formula is C25H31ClN2O6. The van der Waals surface area contributed by atoms with Crippen molar-refractivity contribution in [2.45, 2.75) is 52.4 Å². The number of hydrogen-bond donors (Lipinski definition) is 1. The molecule has 9 heteroatoms. The predicted octanol–water partition coefficient (Wildman–Crippen LogP) is 4.52. The van der Waals surface area contributed by atoms with E-state index < -0.39 is 23.0 Å². The van der Waals surface area contributed by atoms with Gasteiger partial charge in [0, 0.05) is 30.3 Å². The molecular weight excluding hydrogens is 460 g/mol. The number of nitrogens with zero attached hydrogens (tertiary/aromatic N) is 1. The van der Waals surface area contributed by atoms with E-state index in [0.29, 0.717) is 22.6 Å². The quantitative estimate of drug-likeness (QED) is 0.519. The lowest BCUT2D eigenvalue weighted by molar-refractivity contribution is -0.134. The third kappa shape index (κ3) is 7.66. The van der Waals surface area contributed by atoms with Crippen LogP contribution in [0.5, 0.6) is 11.5 Å². The van der Waals surface area contributed by atoms with E-state index in [1.54, 1.807) is 77.3 Å². The van der Waals surface area contributed by atoms with Gasteiger partial charge in [0.05, 0.1) is 14.2 Å². The molecule has 0 aliphatic rings. The summed E-state index contributed by atoms with van der Waals surface area (Å²) in [5.41, 5.74) is 0.892. The van der Waals surface area contributed by atoms with E-state index in [-0.39, 0.29) is 19.0 Å². The van der Waals surface area contributed by atoms with Gasteiger partial charge in [-0.2, -0.15) is 0 Å². The van der Waals surface area contributed by atoms with Gasteiger partial charge in [-0.3, -0.25) is 9.59 Å². The molecule has 0 saturated heterocycles. The molecule has 1 unspecified atom stereocenters. The van der Waals surface area contributed by atoms with Gasteiger partial charge in [0.15, 0.2) is 0 Å². The van der Waals surface area contributed by atoms with Crippen LogP contribution in [0.4, 0.5) is 4.79 Å². The van der Waals surface area contributed by atoms with Crippen molar-refractivity contribution in [1.29, 1.82) is 0 Å². The van der Waals surface area contributed by atoms with Gasteiger partial charge in [0.1, 0.15) is 23.1 Å². The highest BCUT2D eigenvalue weighted by Gasteiger charge is 2.27. The summed E-state index contributed by atoms with van der Waals surface area (Å²) in [6.07, 6.45) is -0.702. The number of carbonyl (C=O) groups excluding carboxylic acids is 3. The summed E-state index contributed by atoms with van der Waals surface area (Å²) >= 11 is 5.76. The summed E-state index contributed by atoms with van der Waals surface area (Å²) in [6, 6.07) is 11.2. The first kappa shape index (κ1) is 27.0. The molecule has 0 aliphatic carbocycles. The molecule has 8 nitrogen and oxygen atoms in total. The Hall–Kier alpha value is -3.26. The highest BCUT2D eigenvalue weighted by Crippen LogP contribution is 2.27. The van der Waals surface area contributed by atoms with Crippen molar-refractivity contribution in [2.24, 2.45) is 0 Å². The largest absolute Gasteiger partial charge is 0.497 e. The minimum absolute atomic E-state index is 0.0863. The molecule has 184 valence electrons. The number of rotatable bonds is 9. The van der Waals surface area contributed by atoms with Crippen LogP contribution in [0.25, 0.3) is 0 Å². The Labute approximate surface area is 205 Å². The van der Waals surface area contributed by atoms with Crippen molar-refractivity contribution in [3.63, 3.8) is 0 Å². The first-order chi connectivity index (χ1) is 15.9. The smallest absolute Gasteiger partial charge is 0.408 e. The Morgan fingerprint density at radius 1 is 1.00 bits per heavy atom. The Morgan fingerprint density at radius 3 is 2.24 bits per heavy atom. The van der Waals surface area contributed by atoms with Crippen LogP contribution in [0.2, 0.25) is 0 Å². The SMILES string of the molecule is COc1ccc(CN(Cc2ccccc2C(=O)Cl)C(=O)C(C)NC(=O)OC(C)(C)C)c(OC)c1. The van der Waals surface area contributed by atoms with Crippen molar-refractivity contribution in [1.82, 2.24) is 10.2 Å². The molecule has 2 amide bonds. The van der Waals surface area contributed by atoms with Crippen LogP contribution in [0, 0.1) is 0 Å². The molecule has 2 aromatic rings. The predicted molar refractivity (Wildman–Crippen MR) is 129 cm³/mol. The Morgan fingerprint density at radius 2 is 1.65 bits per heavy atom. The number of amides is 2. The Bertz CT molecular complexity index is 1030. The van der Waals surface area contributed by atoms with Crippen LogP contribution in [0.1, 0.15) is 49.2 Å². The van der Waals surface area contributed by atoms with Crippen molar-refractivity contribution in [3.05, 3.63) is 59.2 Å². The molecule has 0 radical (unpaired) electrons. The van der Waals surface area contributed by atoms with Crippen molar-refractivity contribution in [3.8, 4) is 11.5 Å².